The van der Waals surface area contributed by atoms with Gasteiger partial charge in [0.1, 0.15) is 0 Å². The molecule has 0 saturated heterocycles. The number of amides is 1. The number of hydrogen-bond acceptors (Lipinski definition) is 4. The van der Waals surface area contributed by atoms with Crippen LogP contribution in [0.4, 0.5) is 0 Å². The van der Waals surface area contributed by atoms with E-state index in [1.54, 1.807) is 43.5 Å². The molecule has 2 aromatic carbocycles. The summed E-state index contributed by atoms with van der Waals surface area (Å²) in [6, 6.07) is 10.3. The van der Waals surface area contributed by atoms with Gasteiger partial charge < -0.3 is 9.47 Å². The maximum Gasteiger partial charge on any atom is 0.272 e. The molecule has 1 N–H and O–H groups in total. The number of carbonyl (C=O) groups excluding carboxylic acids is 1. The second-order valence-corrected chi connectivity index (χ2v) is 5.73. The van der Waals surface area contributed by atoms with Crippen LogP contribution in [0.1, 0.15) is 15.9 Å². The van der Waals surface area contributed by atoms with E-state index in [0.717, 1.165) is 4.47 Å². The van der Waals surface area contributed by atoms with E-state index in [1.165, 1.54) is 13.3 Å². The molecule has 1 amide bonds. The number of nitrogens with one attached hydrogen (secondary N) is 1. The maximum absolute atomic E-state index is 12.0. The lowest BCUT2D eigenvalue weighted by Gasteiger charge is -2.10. The van der Waals surface area contributed by atoms with Gasteiger partial charge in [0.25, 0.3) is 5.91 Å². The standard InChI is InChI=1S/C16H14BrClN2O3/c1-22-14-8-11(17)7-10(15(14)23-2)9-19-20-16(21)12-5-3-4-6-13(12)18/h3-9H,1-2H3,(H,20,21)/b19-9-. The van der Waals surface area contributed by atoms with Crippen molar-refractivity contribution in [2.45, 2.75) is 0 Å². The van der Waals surface area contributed by atoms with Crippen molar-refractivity contribution in [3.8, 4) is 11.5 Å². The summed E-state index contributed by atoms with van der Waals surface area (Å²) in [5, 5.41) is 4.31. The van der Waals surface area contributed by atoms with Gasteiger partial charge in [0.15, 0.2) is 11.5 Å². The minimum atomic E-state index is -0.396. The van der Waals surface area contributed by atoms with Gasteiger partial charge in [-0.3, -0.25) is 4.79 Å². The zero-order valence-electron chi connectivity index (χ0n) is 12.5. The third kappa shape index (κ3) is 4.24. The van der Waals surface area contributed by atoms with Gasteiger partial charge in [-0.1, -0.05) is 39.7 Å². The van der Waals surface area contributed by atoms with Crippen LogP contribution in [0.5, 0.6) is 11.5 Å². The molecular weight excluding hydrogens is 384 g/mol. The molecule has 0 aliphatic carbocycles. The van der Waals surface area contributed by atoms with Crippen LogP contribution in [0.2, 0.25) is 5.02 Å². The number of benzene rings is 2. The summed E-state index contributed by atoms with van der Waals surface area (Å²) in [4.78, 5) is 12.0. The zero-order chi connectivity index (χ0) is 16.8. The molecule has 5 nitrogen and oxygen atoms in total. The Labute approximate surface area is 147 Å². The van der Waals surface area contributed by atoms with Crippen molar-refractivity contribution in [1.82, 2.24) is 5.43 Å². The van der Waals surface area contributed by atoms with E-state index in [0.29, 0.717) is 27.6 Å². The second-order valence-electron chi connectivity index (χ2n) is 4.41. The molecule has 0 unspecified atom stereocenters. The molecule has 0 aromatic heterocycles. The number of halogens is 2. The number of hydrogen-bond donors (Lipinski definition) is 1. The van der Waals surface area contributed by atoms with Crippen molar-refractivity contribution in [2.75, 3.05) is 14.2 Å². The van der Waals surface area contributed by atoms with Crippen molar-refractivity contribution < 1.29 is 14.3 Å². The molecule has 0 heterocycles. The van der Waals surface area contributed by atoms with Crippen molar-refractivity contribution in [3.63, 3.8) is 0 Å². The average Bonchev–Trinajstić information content (AvgIpc) is 2.54. The molecule has 2 rings (SSSR count). The number of methoxy groups -OCH3 is 2. The molecule has 2 aromatic rings. The molecule has 0 radical (unpaired) electrons. The highest BCUT2D eigenvalue weighted by Gasteiger charge is 2.11. The van der Waals surface area contributed by atoms with Crippen LogP contribution in [0, 0.1) is 0 Å². The van der Waals surface area contributed by atoms with Gasteiger partial charge in [0.05, 0.1) is 31.0 Å². The summed E-state index contributed by atoms with van der Waals surface area (Å²) >= 11 is 9.35. The summed E-state index contributed by atoms with van der Waals surface area (Å²) in [6.45, 7) is 0. The van der Waals surface area contributed by atoms with Crippen LogP contribution in [-0.4, -0.2) is 26.3 Å². The van der Waals surface area contributed by atoms with Gasteiger partial charge in [-0.15, -0.1) is 0 Å². The second kappa shape index (κ2) is 7.99. The smallest absolute Gasteiger partial charge is 0.272 e. The normalized spacial score (nSPS) is 10.6. The van der Waals surface area contributed by atoms with E-state index in [2.05, 4.69) is 26.5 Å². The van der Waals surface area contributed by atoms with Crippen molar-refractivity contribution in [2.24, 2.45) is 5.10 Å². The number of carbonyl (C=O) groups is 1. The Hall–Kier alpha value is -2.05. The average molecular weight is 398 g/mol. The highest BCUT2D eigenvalue weighted by Crippen LogP contribution is 2.33. The number of ether oxygens (including phenoxy) is 2. The molecule has 0 fully saturated rings. The van der Waals surface area contributed by atoms with Crippen LogP contribution in [0.3, 0.4) is 0 Å². The van der Waals surface area contributed by atoms with Crippen molar-refractivity contribution >= 4 is 39.7 Å². The summed E-state index contributed by atoms with van der Waals surface area (Å²) < 4.78 is 11.4. The quantitative estimate of drug-likeness (QED) is 0.615. The predicted molar refractivity (Wildman–Crippen MR) is 93.8 cm³/mol. The summed E-state index contributed by atoms with van der Waals surface area (Å²) in [5.41, 5.74) is 3.43. The molecule has 0 saturated carbocycles. The van der Waals surface area contributed by atoms with Gasteiger partial charge in [0, 0.05) is 10.0 Å². The maximum atomic E-state index is 12.0. The van der Waals surface area contributed by atoms with Gasteiger partial charge in [-0.05, 0) is 24.3 Å². The first-order valence-electron chi connectivity index (χ1n) is 6.56. The van der Waals surface area contributed by atoms with Crippen LogP contribution in [0.15, 0.2) is 46.0 Å². The topological polar surface area (TPSA) is 59.9 Å². The number of hydrazone groups is 1. The molecule has 0 atom stereocenters. The van der Waals surface area contributed by atoms with E-state index in [1.807, 2.05) is 0 Å². The Kier molecular flexibility index (Phi) is 6.01. The number of nitrogens with zero attached hydrogens (tertiary/aromatic N) is 1. The van der Waals surface area contributed by atoms with Crippen LogP contribution < -0.4 is 14.9 Å². The van der Waals surface area contributed by atoms with Gasteiger partial charge in [0.2, 0.25) is 0 Å². The molecule has 0 spiro atoms. The Morgan fingerprint density at radius 3 is 2.65 bits per heavy atom. The molecule has 7 heteroatoms. The Morgan fingerprint density at radius 2 is 2.00 bits per heavy atom. The van der Waals surface area contributed by atoms with Crippen molar-refractivity contribution in [1.29, 1.82) is 0 Å². The van der Waals surface area contributed by atoms with Crippen LogP contribution in [-0.2, 0) is 0 Å². The Morgan fingerprint density at radius 1 is 1.26 bits per heavy atom. The van der Waals surface area contributed by atoms with Gasteiger partial charge in [-0.2, -0.15) is 5.10 Å². The van der Waals surface area contributed by atoms with E-state index < -0.39 is 5.91 Å². The Balaban J connectivity index is 2.19. The summed E-state index contributed by atoms with van der Waals surface area (Å²) in [6.07, 6.45) is 1.47. The fourth-order valence-corrected chi connectivity index (χ4v) is 2.60. The minimum absolute atomic E-state index is 0.352. The third-order valence-corrected chi connectivity index (χ3v) is 3.75. The molecule has 0 aliphatic heterocycles. The Bertz CT molecular complexity index is 750. The fourth-order valence-electron chi connectivity index (χ4n) is 1.92. The molecule has 23 heavy (non-hydrogen) atoms. The first-order valence-corrected chi connectivity index (χ1v) is 7.73. The lowest BCUT2D eigenvalue weighted by molar-refractivity contribution is 0.0955. The first-order chi connectivity index (χ1) is 11.1. The van der Waals surface area contributed by atoms with Gasteiger partial charge in [-0.25, -0.2) is 5.43 Å². The molecule has 120 valence electrons. The van der Waals surface area contributed by atoms with Crippen molar-refractivity contribution in [3.05, 3.63) is 57.0 Å². The first kappa shape index (κ1) is 17.3. The molecular formula is C16H14BrClN2O3. The highest BCUT2D eigenvalue weighted by molar-refractivity contribution is 9.10. The number of rotatable bonds is 5. The third-order valence-electron chi connectivity index (χ3n) is 2.96. The summed E-state index contributed by atoms with van der Waals surface area (Å²) in [7, 11) is 3.08. The minimum Gasteiger partial charge on any atom is -0.493 e. The largest absolute Gasteiger partial charge is 0.493 e. The lowest BCUT2D eigenvalue weighted by atomic mass is 10.2. The highest BCUT2D eigenvalue weighted by atomic mass is 79.9. The van der Waals surface area contributed by atoms with E-state index in [9.17, 15) is 4.79 Å². The summed E-state index contributed by atoms with van der Waals surface area (Å²) in [5.74, 6) is 0.681. The van der Waals surface area contributed by atoms with Gasteiger partial charge >= 0.3 is 0 Å². The molecule has 0 aliphatic rings. The van der Waals surface area contributed by atoms with Crippen LogP contribution in [0.25, 0.3) is 0 Å². The predicted octanol–water partition coefficient (Wildman–Crippen LogP) is 3.88. The SMILES string of the molecule is COc1cc(Br)cc(/C=N\NC(=O)c2ccccc2Cl)c1OC. The molecule has 0 bridgehead atoms. The lowest BCUT2D eigenvalue weighted by Crippen LogP contribution is -2.18. The zero-order valence-corrected chi connectivity index (χ0v) is 14.8. The fraction of sp³-hybridized carbons (Fsp3) is 0.125. The monoisotopic (exact) mass is 396 g/mol. The van der Waals surface area contributed by atoms with E-state index in [-0.39, 0.29) is 0 Å². The van der Waals surface area contributed by atoms with E-state index >= 15 is 0 Å². The van der Waals surface area contributed by atoms with Crippen LogP contribution >= 0.6 is 27.5 Å². The van der Waals surface area contributed by atoms with E-state index in [4.69, 9.17) is 21.1 Å².